The number of piperidine rings is 1. The summed E-state index contributed by atoms with van der Waals surface area (Å²) in [7, 11) is 0. The van der Waals surface area contributed by atoms with Crippen LogP contribution in [0, 0.1) is 5.92 Å². The van der Waals surface area contributed by atoms with Crippen molar-refractivity contribution < 1.29 is 5.11 Å². The lowest BCUT2D eigenvalue weighted by Gasteiger charge is -2.33. The fraction of sp³-hybridized carbons (Fsp3) is 0.474. The number of likely N-dealkylation sites (tertiary alicyclic amines) is 1. The third kappa shape index (κ3) is 3.28. The fourth-order valence-electron chi connectivity index (χ4n) is 3.53. The normalized spacial score (nSPS) is 21.5. The number of nitrogens with zero attached hydrogens (tertiary/aromatic N) is 1. The van der Waals surface area contributed by atoms with Gasteiger partial charge in [0.05, 0.1) is 6.10 Å². The van der Waals surface area contributed by atoms with Crippen LogP contribution in [0.2, 0.25) is 0 Å². The summed E-state index contributed by atoms with van der Waals surface area (Å²) >= 11 is 0. The van der Waals surface area contributed by atoms with E-state index in [0.29, 0.717) is 0 Å². The van der Waals surface area contributed by atoms with Crippen LogP contribution in [-0.2, 0) is 0 Å². The Kier molecular flexibility index (Phi) is 4.57. The quantitative estimate of drug-likeness (QED) is 0.917. The highest BCUT2D eigenvalue weighted by atomic mass is 16.3. The molecule has 2 heteroatoms. The van der Waals surface area contributed by atoms with Gasteiger partial charge in [0.25, 0.3) is 0 Å². The zero-order valence-electron chi connectivity index (χ0n) is 12.8. The van der Waals surface area contributed by atoms with Crippen LogP contribution < -0.4 is 0 Å². The Hall–Kier alpha value is -1.38. The fourth-order valence-corrected chi connectivity index (χ4v) is 3.53. The Labute approximate surface area is 127 Å². The van der Waals surface area contributed by atoms with Gasteiger partial charge in [0.15, 0.2) is 0 Å². The zero-order valence-corrected chi connectivity index (χ0v) is 12.8. The van der Waals surface area contributed by atoms with Gasteiger partial charge in [0.1, 0.15) is 0 Å². The maximum absolute atomic E-state index is 10.7. The SMILES string of the molecule is CCC1CCCN(CC(O)c2cccc3ccccc23)C1. The molecule has 0 aromatic heterocycles. The average molecular weight is 283 g/mol. The van der Waals surface area contributed by atoms with Crippen molar-refractivity contribution in [2.24, 2.45) is 5.92 Å². The van der Waals surface area contributed by atoms with Crippen molar-refractivity contribution >= 4 is 10.8 Å². The van der Waals surface area contributed by atoms with Gasteiger partial charge in [-0.15, -0.1) is 0 Å². The summed E-state index contributed by atoms with van der Waals surface area (Å²) in [5.74, 6) is 0.804. The van der Waals surface area contributed by atoms with Gasteiger partial charge in [0, 0.05) is 13.1 Å². The molecular weight excluding hydrogens is 258 g/mol. The van der Waals surface area contributed by atoms with Crippen molar-refractivity contribution in [2.45, 2.75) is 32.3 Å². The van der Waals surface area contributed by atoms with E-state index in [9.17, 15) is 5.11 Å². The van der Waals surface area contributed by atoms with Gasteiger partial charge < -0.3 is 10.0 Å². The Morgan fingerprint density at radius 3 is 2.86 bits per heavy atom. The summed E-state index contributed by atoms with van der Waals surface area (Å²) < 4.78 is 0. The number of aliphatic hydroxyl groups excluding tert-OH is 1. The number of fused-ring (bicyclic) bond motifs is 1. The van der Waals surface area contributed by atoms with E-state index < -0.39 is 6.10 Å². The topological polar surface area (TPSA) is 23.5 Å². The van der Waals surface area contributed by atoms with E-state index in [1.54, 1.807) is 0 Å². The molecule has 2 unspecified atom stereocenters. The number of rotatable bonds is 4. The van der Waals surface area contributed by atoms with E-state index in [4.69, 9.17) is 0 Å². The highest BCUT2D eigenvalue weighted by Crippen LogP contribution is 2.27. The number of hydrogen-bond acceptors (Lipinski definition) is 2. The van der Waals surface area contributed by atoms with Crippen LogP contribution >= 0.6 is 0 Å². The molecule has 0 spiro atoms. The molecule has 1 aliphatic rings. The molecule has 112 valence electrons. The molecule has 1 aliphatic heterocycles. The lowest BCUT2D eigenvalue weighted by atomic mass is 9.94. The minimum Gasteiger partial charge on any atom is -0.387 e. The average Bonchev–Trinajstić information content (AvgIpc) is 2.54. The minimum absolute atomic E-state index is 0.397. The van der Waals surface area contributed by atoms with Gasteiger partial charge in [-0.05, 0) is 41.6 Å². The van der Waals surface area contributed by atoms with Gasteiger partial charge in [-0.1, -0.05) is 55.8 Å². The highest BCUT2D eigenvalue weighted by Gasteiger charge is 2.21. The molecular formula is C19H25NO. The monoisotopic (exact) mass is 283 g/mol. The molecule has 1 fully saturated rings. The van der Waals surface area contributed by atoms with Gasteiger partial charge in [-0.2, -0.15) is 0 Å². The molecule has 0 aliphatic carbocycles. The van der Waals surface area contributed by atoms with Gasteiger partial charge in [-0.25, -0.2) is 0 Å². The predicted octanol–water partition coefficient (Wildman–Crippen LogP) is 4.00. The van der Waals surface area contributed by atoms with Crippen LogP contribution in [0.15, 0.2) is 42.5 Å². The summed E-state index contributed by atoms with van der Waals surface area (Å²) in [6.45, 7) is 5.29. The van der Waals surface area contributed by atoms with E-state index in [0.717, 1.165) is 31.1 Å². The van der Waals surface area contributed by atoms with Gasteiger partial charge in [-0.3, -0.25) is 0 Å². The van der Waals surface area contributed by atoms with Crippen LogP contribution in [0.3, 0.4) is 0 Å². The molecule has 2 aromatic carbocycles. The van der Waals surface area contributed by atoms with E-state index in [-0.39, 0.29) is 0 Å². The second kappa shape index (κ2) is 6.59. The highest BCUT2D eigenvalue weighted by molar-refractivity contribution is 5.85. The zero-order chi connectivity index (χ0) is 14.7. The number of aliphatic hydroxyl groups is 1. The summed E-state index contributed by atoms with van der Waals surface area (Å²) in [6.07, 6.45) is 3.46. The van der Waals surface area contributed by atoms with Crippen LogP contribution in [0.25, 0.3) is 10.8 Å². The maximum atomic E-state index is 10.7. The van der Waals surface area contributed by atoms with E-state index in [1.807, 2.05) is 12.1 Å². The second-order valence-electron chi connectivity index (χ2n) is 6.26. The summed E-state index contributed by atoms with van der Waals surface area (Å²) in [5, 5.41) is 13.1. The predicted molar refractivity (Wildman–Crippen MR) is 88.4 cm³/mol. The first kappa shape index (κ1) is 14.6. The molecule has 1 saturated heterocycles. The molecule has 0 saturated carbocycles. The summed E-state index contributed by atoms with van der Waals surface area (Å²) in [5.41, 5.74) is 1.06. The Bertz CT molecular complexity index is 590. The third-order valence-electron chi connectivity index (χ3n) is 4.79. The molecule has 2 nitrogen and oxygen atoms in total. The van der Waals surface area contributed by atoms with Gasteiger partial charge >= 0.3 is 0 Å². The minimum atomic E-state index is -0.397. The van der Waals surface area contributed by atoms with Crippen LogP contribution in [0.5, 0.6) is 0 Å². The van der Waals surface area contributed by atoms with Crippen molar-refractivity contribution in [3.8, 4) is 0 Å². The molecule has 1 heterocycles. The van der Waals surface area contributed by atoms with Crippen molar-refractivity contribution in [1.82, 2.24) is 4.90 Å². The Morgan fingerprint density at radius 2 is 2.00 bits per heavy atom. The van der Waals surface area contributed by atoms with Crippen LogP contribution in [0.4, 0.5) is 0 Å². The molecule has 2 atom stereocenters. The molecule has 0 radical (unpaired) electrons. The smallest absolute Gasteiger partial charge is 0.0922 e. The molecule has 2 aromatic rings. The Morgan fingerprint density at radius 1 is 1.19 bits per heavy atom. The molecule has 0 bridgehead atoms. The van der Waals surface area contributed by atoms with Crippen molar-refractivity contribution in [2.75, 3.05) is 19.6 Å². The molecule has 0 amide bonds. The van der Waals surface area contributed by atoms with Gasteiger partial charge in [0.2, 0.25) is 0 Å². The lowest BCUT2D eigenvalue weighted by Crippen LogP contribution is -2.37. The van der Waals surface area contributed by atoms with Crippen molar-refractivity contribution in [3.63, 3.8) is 0 Å². The number of benzene rings is 2. The van der Waals surface area contributed by atoms with Crippen molar-refractivity contribution in [3.05, 3.63) is 48.0 Å². The summed E-state index contributed by atoms with van der Waals surface area (Å²) in [4.78, 5) is 2.43. The molecule has 3 rings (SSSR count). The molecule has 21 heavy (non-hydrogen) atoms. The Balaban J connectivity index is 1.76. The first-order valence-electron chi connectivity index (χ1n) is 8.16. The number of β-amino-alcohol motifs (C(OH)–C–C–N with tert-alkyl or cyclic N) is 1. The van der Waals surface area contributed by atoms with E-state index in [1.165, 1.54) is 30.0 Å². The maximum Gasteiger partial charge on any atom is 0.0922 e. The van der Waals surface area contributed by atoms with E-state index >= 15 is 0 Å². The lowest BCUT2D eigenvalue weighted by molar-refractivity contribution is 0.0844. The van der Waals surface area contributed by atoms with Crippen molar-refractivity contribution in [1.29, 1.82) is 0 Å². The first-order chi connectivity index (χ1) is 10.3. The number of hydrogen-bond donors (Lipinski definition) is 1. The van der Waals surface area contributed by atoms with Crippen LogP contribution in [0.1, 0.15) is 37.9 Å². The summed E-state index contributed by atoms with van der Waals surface area (Å²) in [6, 6.07) is 14.5. The van der Waals surface area contributed by atoms with Crippen LogP contribution in [-0.4, -0.2) is 29.6 Å². The third-order valence-corrected chi connectivity index (χ3v) is 4.79. The second-order valence-corrected chi connectivity index (χ2v) is 6.26. The standard InChI is InChI=1S/C19H25NO/c1-2-15-7-6-12-20(13-15)14-19(21)18-11-5-9-16-8-3-4-10-17(16)18/h3-5,8-11,15,19,21H,2,6-7,12-14H2,1H3. The first-order valence-corrected chi connectivity index (χ1v) is 8.16. The largest absolute Gasteiger partial charge is 0.387 e. The molecule has 1 N–H and O–H groups in total. The van der Waals surface area contributed by atoms with E-state index in [2.05, 4.69) is 42.2 Å².